The highest BCUT2D eigenvalue weighted by Gasteiger charge is 2.17. The topological polar surface area (TPSA) is 66.4 Å². The fraction of sp³-hybridized carbons (Fsp3) is 0.385. The van der Waals surface area contributed by atoms with Crippen molar-refractivity contribution in [2.45, 2.75) is 32.2 Å². The Bertz CT molecular complexity index is 459. The van der Waals surface area contributed by atoms with Gasteiger partial charge < -0.3 is 10.4 Å². The summed E-state index contributed by atoms with van der Waals surface area (Å²) in [4.78, 5) is 22.3. The highest BCUT2D eigenvalue weighted by Crippen LogP contribution is 2.19. The van der Waals surface area contributed by atoms with Crippen molar-refractivity contribution in [1.29, 1.82) is 0 Å². The number of hydrogen-bond acceptors (Lipinski definition) is 2. The second-order valence-electron chi connectivity index (χ2n) is 4.26. The minimum Gasteiger partial charge on any atom is -0.481 e. The lowest BCUT2D eigenvalue weighted by Crippen LogP contribution is -2.33. The third kappa shape index (κ3) is 4.98. The van der Waals surface area contributed by atoms with Gasteiger partial charge in [-0.1, -0.05) is 6.07 Å². The average molecular weight is 332 g/mol. The molecule has 1 amide bonds. The summed E-state index contributed by atoms with van der Waals surface area (Å²) in [5, 5.41) is 11.2. The van der Waals surface area contributed by atoms with Crippen molar-refractivity contribution in [3.63, 3.8) is 0 Å². The molecule has 0 spiro atoms. The highest BCUT2D eigenvalue weighted by atomic mass is 79.9. The van der Waals surface area contributed by atoms with Gasteiger partial charge in [-0.15, -0.1) is 0 Å². The second-order valence-corrected chi connectivity index (χ2v) is 5.11. The number of carbonyl (C=O) groups excluding carboxylic acids is 1. The second kappa shape index (κ2) is 7.23. The summed E-state index contributed by atoms with van der Waals surface area (Å²) in [6, 6.07) is 4.10. The maximum absolute atomic E-state index is 13.5. The summed E-state index contributed by atoms with van der Waals surface area (Å²) in [6.07, 6.45) is 1.06. The molecular weight excluding hydrogens is 317 g/mol. The number of carboxylic acid groups (broad SMARTS) is 1. The molecule has 0 aromatic heterocycles. The van der Waals surface area contributed by atoms with Gasteiger partial charge in [0.1, 0.15) is 5.82 Å². The van der Waals surface area contributed by atoms with Gasteiger partial charge in [0.25, 0.3) is 5.91 Å². The molecule has 0 aliphatic rings. The number of carbonyl (C=O) groups is 2. The molecule has 0 saturated heterocycles. The van der Waals surface area contributed by atoms with E-state index in [1.807, 2.05) is 0 Å². The van der Waals surface area contributed by atoms with Crippen LogP contribution in [0, 0.1) is 5.82 Å². The van der Waals surface area contributed by atoms with Gasteiger partial charge in [-0.3, -0.25) is 9.59 Å². The number of halogens is 2. The minimum absolute atomic E-state index is 0.0346. The van der Waals surface area contributed by atoms with Gasteiger partial charge in [0, 0.05) is 16.9 Å². The van der Waals surface area contributed by atoms with E-state index in [2.05, 4.69) is 21.2 Å². The summed E-state index contributed by atoms with van der Waals surface area (Å²) in [5.74, 6) is -1.97. The smallest absolute Gasteiger partial charge is 0.303 e. The minimum atomic E-state index is -0.865. The van der Waals surface area contributed by atoms with E-state index >= 15 is 0 Å². The standard InChI is InChI=1S/C13H15BrFNO3/c1-8(4-2-7-11(17)18)16-13(19)12-9(14)5-3-6-10(12)15/h3,5-6,8H,2,4,7H2,1H3,(H,16,19)(H,17,18). The van der Waals surface area contributed by atoms with Crippen LogP contribution in [0.5, 0.6) is 0 Å². The number of amides is 1. The predicted octanol–water partition coefficient (Wildman–Crippen LogP) is 2.96. The molecule has 0 saturated carbocycles. The Morgan fingerprint density at radius 1 is 1.47 bits per heavy atom. The Kier molecular flexibility index (Phi) is 5.95. The monoisotopic (exact) mass is 331 g/mol. The number of hydrogen-bond donors (Lipinski definition) is 2. The SMILES string of the molecule is CC(CCCC(=O)O)NC(=O)c1c(F)cccc1Br. The average Bonchev–Trinajstić information content (AvgIpc) is 2.27. The first kappa shape index (κ1) is 15.6. The molecule has 104 valence electrons. The van der Waals surface area contributed by atoms with Crippen molar-refractivity contribution in [3.8, 4) is 0 Å². The zero-order valence-electron chi connectivity index (χ0n) is 10.5. The molecule has 0 heterocycles. The van der Waals surface area contributed by atoms with Crippen LogP contribution >= 0.6 is 15.9 Å². The maximum Gasteiger partial charge on any atom is 0.303 e. The fourth-order valence-corrected chi connectivity index (χ4v) is 2.16. The van der Waals surface area contributed by atoms with E-state index < -0.39 is 17.7 Å². The van der Waals surface area contributed by atoms with E-state index in [1.54, 1.807) is 13.0 Å². The van der Waals surface area contributed by atoms with E-state index in [1.165, 1.54) is 12.1 Å². The normalized spacial score (nSPS) is 11.9. The van der Waals surface area contributed by atoms with Crippen LogP contribution < -0.4 is 5.32 Å². The number of aliphatic carboxylic acids is 1. The van der Waals surface area contributed by atoms with Gasteiger partial charge in [-0.25, -0.2) is 4.39 Å². The summed E-state index contributed by atoms with van der Waals surface area (Å²) in [5.41, 5.74) is -0.0346. The van der Waals surface area contributed by atoms with Gasteiger partial charge in [-0.2, -0.15) is 0 Å². The van der Waals surface area contributed by atoms with Crippen molar-refractivity contribution in [1.82, 2.24) is 5.32 Å². The third-order valence-electron chi connectivity index (χ3n) is 2.60. The van der Waals surface area contributed by atoms with Crippen LogP contribution in [-0.2, 0) is 4.79 Å². The quantitative estimate of drug-likeness (QED) is 0.842. The molecule has 19 heavy (non-hydrogen) atoms. The molecule has 4 nitrogen and oxygen atoms in total. The third-order valence-corrected chi connectivity index (χ3v) is 3.26. The lowest BCUT2D eigenvalue weighted by atomic mass is 10.1. The van der Waals surface area contributed by atoms with E-state index in [0.29, 0.717) is 17.3 Å². The molecular formula is C13H15BrFNO3. The number of rotatable bonds is 6. The van der Waals surface area contributed by atoms with Crippen molar-refractivity contribution in [3.05, 3.63) is 34.1 Å². The number of nitrogens with one attached hydrogen (secondary N) is 1. The summed E-state index contributed by atoms with van der Waals surface area (Å²) < 4.78 is 13.9. The number of carboxylic acids is 1. The van der Waals surface area contributed by atoms with E-state index in [4.69, 9.17) is 5.11 Å². The summed E-state index contributed by atoms with van der Waals surface area (Å²) in [6.45, 7) is 1.76. The lowest BCUT2D eigenvalue weighted by molar-refractivity contribution is -0.137. The van der Waals surface area contributed by atoms with E-state index in [-0.39, 0.29) is 18.0 Å². The molecule has 0 fully saturated rings. The van der Waals surface area contributed by atoms with Gasteiger partial charge in [0.15, 0.2) is 0 Å². The van der Waals surface area contributed by atoms with Crippen molar-refractivity contribution < 1.29 is 19.1 Å². The molecule has 0 radical (unpaired) electrons. The first-order valence-electron chi connectivity index (χ1n) is 5.88. The Labute approximate surface area is 119 Å². The zero-order valence-corrected chi connectivity index (χ0v) is 12.0. The van der Waals surface area contributed by atoms with Gasteiger partial charge in [0.05, 0.1) is 5.56 Å². The van der Waals surface area contributed by atoms with Crippen molar-refractivity contribution >= 4 is 27.8 Å². The molecule has 6 heteroatoms. The van der Waals surface area contributed by atoms with Crippen molar-refractivity contribution in [2.75, 3.05) is 0 Å². The summed E-state index contributed by atoms with van der Waals surface area (Å²) >= 11 is 3.13. The lowest BCUT2D eigenvalue weighted by Gasteiger charge is -2.14. The van der Waals surface area contributed by atoms with Crippen LogP contribution in [0.25, 0.3) is 0 Å². The largest absolute Gasteiger partial charge is 0.481 e. The van der Waals surface area contributed by atoms with Crippen LogP contribution in [0.2, 0.25) is 0 Å². The van der Waals surface area contributed by atoms with Gasteiger partial charge >= 0.3 is 5.97 Å². The van der Waals surface area contributed by atoms with E-state index in [0.717, 1.165) is 0 Å². The van der Waals surface area contributed by atoms with Crippen LogP contribution in [0.4, 0.5) is 4.39 Å². The summed E-state index contributed by atoms with van der Waals surface area (Å²) in [7, 11) is 0. The van der Waals surface area contributed by atoms with Gasteiger partial charge in [0.2, 0.25) is 0 Å². The Hall–Kier alpha value is -1.43. The van der Waals surface area contributed by atoms with Crippen LogP contribution in [-0.4, -0.2) is 23.0 Å². The first-order chi connectivity index (χ1) is 8.91. The molecule has 0 aliphatic heterocycles. The Morgan fingerprint density at radius 3 is 2.74 bits per heavy atom. The molecule has 1 aromatic rings. The van der Waals surface area contributed by atoms with Crippen LogP contribution in [0.1, 0.15) is 36.5 Å². The zero-order chi connectivity index (χ0) is 14.4. The molecule has 1 atom stereocenters. The molecule has 2 N–H and O–H groups in total. The molecule has 0 aliphatic carbocycles. The number of benzene rings is 1. The maximum atomic E-state index is 13.5. The molecule has 1 aromatic carbocycles. The molecule has 1 unspecified atom stereocenters. The van der Waals surface area contributed by atoms with Gasteiger partial charge in [-0.05, 0) is 47.8 Å². The predicted molar refractivity (Wildman–Crippen MR) is 72.5 cm³/mol. The van der Waals surface area contributed by atoms with Crippen LogP contribution in [0.3, 0.4) is 0 Å². The van der Waals surface area contributed by atoms with E-state index in [9.17, 15) is 14.0 Å². The van der Waals surface area contributed by atoms with Crippen molar-refractivity contribution in [2.24, 2.45) is 0 Å². The Morgan fingerprint density at radius 2 is 2.16 bits per heavy atom. The highest BCUT2D eigenvalue weighted by molar-refractivity contribution is 9.10. The fourth-order valence-electron chi connectivity index (χ4n) is 1.64. The Balaban J connectivity index is 2.57. The molecule has 1 rings (SSSR count). The van der Waals surface area contributed by atoms with Crippen LogP contribution in [0.15, 0.2) is 22.7 Å². The first-order valence-corrected chi connectivity index (χ1v) is 6.67. The molecule has 0 bridgehead atoms.